The number of pyridine rings is 1. The van der Waals surface area contributed by atoms with Gasteiger partial charge in [0.25, 0.3) is 0 Å². The third kappa shape index (κ3) is 3.68. The Morgan fingerprint density at radius 3 is 3.18 bits per heavy atom. The zero-order valence-corrected chi connectivity index (χ0v) is 11.3. The van der Waals surface area contributed by atoms with Crippen molar-refractivity contribution < 1.29 is 0 Å². The van der Waals surface area contributed by atoms with Gasteiger partial charge in [-0.2, -0.15) is 0 Å². The summed E-state index contributed by atoms with van der Waals surface area (Å²) in [6.45, 7) is 5.52. The van der Waals surface area contributed by atoms with Gasteiger partial charge in [-0.25, -0.2) is 0 Å². The summed E-state index contributed by atoms with van der Waals surface area (Å²) in [5.41, 5.74) is 2.52. The lowest BCUT2D eigenvalue weighted by atomic mass is 9.95. The molecule has 94 valence electrons. The molecule has 1 aromatic heterocycles. The molecule has 0 bridgehead atoms. The molecule has 1 saturated heterocycles. The first kappa shape index (κ1) is 12.8. The molecular weight excluding hydrogens is 232 g/mol. The number of alkyl halides is 1. The summed E-state index contributed by atoms with van der Waals surface area (Å²) >= 11 is 5.84. The number of halogens is 1. The van der Waals surface area contributed by atoms with E-state index in [-0.39, 0.29) is 0 Å². The number of piperidine rings is 1. The minimum atomic E-state index is 0.783. The summed E-state index contributed by atoms with van der Waals surface area (Å²) < 4.78 is 0. The van der Waals surface area contributed by atoms with E-state index in [0.717, 1.165) is 24.8 Å². The Morgan fingerprint density at radius 1 is 1.53 bits per heavy atom. The first-order chi connectivity index (χ1) is 8.29. The monoisotopic (exact) mass is 252 g/mol. The molecule has 1 atom stereocenters. The van der Waals surface area contributed by atoms with Gasteiger partial charge < -0.3 is 0 Å². The molecule has 0 amide bonds. The molecule has 1 aliphatic heterocycles. The standard InChI is InChI=1S/C14H21ClN2/c1-12-4-2-8-16-14(12)11-17-9-3-5-13(10-17)6-7-15/h2,4,8,13H,3,5-7,9-11H2,1H3. The molecule has 0 spiro atoms. The molecule has 0 saturated carbocycles. The number of nitrogens with zero attached hydrogens (tertiary/aromatic N) is 2. The summed E-state index contributed by atoms with van der Waals surface area (Å²) in [6, 6.07) is 4.15. The molecule has 1 fully saturated rings. The van der Waals surface area contributed by atoms with Gasteiger partial charge in [0.15, 0.2) is 0 Å². The molecule has 0 aromatic carbocycles. The Morgan fingerprint density at radius 2 is 2.41 bits per heavy atom. The zero-order valence-electron chi connectivity index (χ0n) is 10.5. The first-order valence-corrected chi connectivity index (χ1v) is 7.02. The van der Waals surface area contributed by atoms with Gasteiger partial charge in [-0.15, -0.1) is 11.6 Å². The Kier molecular flexibility index (Phi) is 4.81. The number of hydrogen-bond acceptors (Lipinski definition) is 2. The van der Waals surface area contributed by atoms with E-state index < -0.39 is 0 Å². The summed E-state index contributed by atoms with van der Waals surface area (Å²) in [5.74, 6) is 1.58. The Balaban J connectivity index is 1.92. The van der Waals surface area contributed by atoms with Gasteiger partial charge in [-0.3, -0.25) is 9.88 Å². The van der Waals surface area contributed by atoms with Crippen molar-refractivity contribution in [1.82, 2.24) is 9.88 Å². The van der Waals surface area contributed by atoms with E-state index in [1.54, 1.807) is 0 Å². The fourth-order valence-electron chi connectivity index (χ4n) is 2.58. The largest absolute Gasteiger partial charge is 0.297 e. The number of aromatic nitrogens is 1. The quantitative estimate of drug-likeness (QED) is 0.765. The Hall–Kier alpha value is -0.600. The molecule has 0 N–H and O–H groups in total. The van der Waals surface area contributed by atoms with Crippen molar-refractivity contribution in [3.05, 3.63) is 29.6 Å². The third-order valence-corrected chi connectivity index (χ3v) is 3.83. The van der Waals surface area contributed by atoms with Crippen LogP contribution in [0.4, 0.5) is 0 Å². The zero-order chi connectivity index (χ0) is 12.1. The fraction of sp³-hybridized carbons (Fsp3) is 0.643. The maximum atomic E-state index is 5.84. The number of likely N-dealkylation sites (tertiary alicyclic amines) is 1. The van der Waals surface area contributed by atoms with Gasteiger partial charge in [0.2, 0.25) is 0 Å². The predicted molar refractivity (Wildman–Crippen MR) is 72.3 cm³/mol. The van der Waals surface area contributed by atoms with Crippen LogP contribution in [0.1, 0.15) is 30.5 Å². The molecule has 3 heteroatoms. The molecular formula is C14H21ClN2. The molecule has 2 nitrogen and oxygen atoms in total. The van der Waals surface area contributed by atoms with Crippen LogP contribution in [0.5, 0.6) is 0 Å². The molecule has 1 aromatic rings. The lowest BCUT2D eigenvalue weighted by Crippen LogP contribution is -2.35. The van der Waals surface area contributed by atoms with Crippen LogP contribution in [0.3, 0.4) is 0 Å². The summed E-state index contributed by atoms with van der Waals surface area (Å²) in [6.07, 6.45) is 5.68. The van der Waals surface area contributed by atoms with Crippen LogP contribution in [0.25, 0.3) is 0 Å². The highest BCUT2D eigenvalue weighted by atomic mass is 35.5. The van der Waals surface area contributed by atoms with E-state index in [1.165, 1.54) is 37.2 Å². The average Bonchev–Trinajstić information content (AvgIpc) is 2.33. The van der Waals surface area contributed by atoms with Gasteiger partial charge >= 0.3 is 0 Å². The van der Waals surface area contributed by atoms with Crippen molar-refractivity contribution in [2.24, 2.45) is 5.92 Å². The van der Waals surface area contributed by atoms with E-state index in [4.69, 9.17) is 11.6 Å². The van der Waals surface area contributed by atoms with Crippen molar-refractivity contribution in [3.63, 3.8) is 0 Å². The van der Waals surface area contributed by atoms with Gasteiger partial charge in [0.05, 0.1) is 5.69 Å². The normalized spacial score (nSPS) is 21.6. The van der Waals surface area contributed by atoms with Crippen molar-refractivity contribution in [1.29, 1.82) is 0 Å². The third-order valence-electron chi connectivity index (χ3n) is 3.61. The lowest BCUT2D eigenvalue weighted by molar-refractivity contribution is 0.163. The van der Waals surface area contributed by atoms with Crippen molar-refractivity contribution in [3.8, 4) is 0 Å². The Labute approximate surface area is 109 Å². The fourth-order valence-corrected chi connectivity index (χ4v) is 2.89. The van der Waals surface area contributed by atoms with Crippen LogP contribution in [0.15, 0.2) is 18.3 Å². The molecule has 1 unspecified atom stereocenters. The SMILES string of the molecule is Cc1cccnc1CN1CCCC(CCCl)C1. The van der Waals surface area contributed by atoms with Crippen LogP contribution in [0.2, 0.25) is 0 Å². The van der Waals surface area contributed by atoms with E-state index in [0.29, 0.717) is 0 Å². The second-order valence-electron chi connectivity index (χ2n) is 4.99. The van der Waals surface area contributed by atoms with Gasteiger partial charge in [0.1, 0.15) is 0 Å². The summed E-state index contributed by atoms with van der Waals surface area (Å²) in [7, 11) is 0. The molecule has 0 aliphatic carbocycles. The van der Waals surface area contributed by atoms with Crippen LogP contribution >= 0.6 is 11.6 Å². The van der Waals surface area contributed by atoms with Gasteiger partial charge in [-0.05, 0) is 50.3 Å². The highest BCUT2D eigenvalue weighted by molar-refractivity contribution is 6.17. The minimum absolute atomic E-state index is 0.783. The van der Waals surface area contributed by atoms with Gasteiger partial charge in [-0.1, -0.05) is 6.07 Å². The van der Waals surface area contributed by atoms with Crippen LogP contribution in [-0.2, 0) is 6.54 Å². The average molecular weight is 253 g/mol. The number of rotatable bonds is 4. The van der Waals surface area contributed by atoms with Crippen LogP contribution in [-0.4, -0.2) is 28.9 Å². The second kappa shape index (κ2) is 6.36. The maximum Gasteiger partial charge on any atom is 0.0573 e. The van der Waals surface area contributed by atoms with E-state index in [1.807, 2.05) is 12.3 Å². The van der Waals surface area contributed by atoms with E-state index >= 15 is 0 Å². The second-order valence-corrected chi connectivity index (χ2v) is 5.37. The summed E-state index contributed by atoms with van der Waals surface area (Å²) in [4.78, 5) is 7.00. The molecule has 2 heterocycles. The number of hydrogen-bond donors (Lipinski definition) is 0. The highest BCUT2D eigenvalue weighted by Crippen LogP contribution is 2.21. The predicted octanol–water partition coefficient (Wildman–Crippen LogP) is 3.23. The van der Waals surface area contributed by atoms with Crippen LogP contribution in [0, 0.1) is 12.8 Å². The minimum Gasteiger partial charge on any atom is -0.297 e. The maximum absolute atomic E-state index is 5.84. The summed E-state index contributed by atoms with van der Waals surface area (Å²) in [5, 5.41) is 0. The van der Waals surface area contributed by atoms with Crippen molar-refractivity contribution >= 4 is 11.6 Å². The Bertz CT molecular complexity index is 352. The lowest BCUT2D eigenvalue weighted by Gasteiger charge is -2.32. The van der Waals surface area contributed by atoms with Gasteiger partial charge in [0, 0.05) is 25.2 Å². The van der Waals surface area contributed by atoms with Crippen molar-refractivity contribution in [2.75, 3.05) is 19.0 Å². The smallest absolute Gasteiger partial charge is 0.0573 e. The van der Waals surface area contributed by atoms with Crippen LogP contribution < -0.4 is 0 Å². The molecule has 1 aliphatic rings. The topological polar surface area (TPSA) is 16.1 Å². The highest BCUT2D eigenvalue weighted by Gasteiger charge is 2.19. The van der Waals surface area contributed by atoms with E-state index in [2.05, 4.69) is 22.9 Å². The van der Waals surface area contributed by atoms with E-state index in [9.17, 15) is 0 Å². The first-order valence-electron chi connectivity index (χ1n) is 6.48. The van der Waals surface area contributed by atoms with Crippen molar-refractivity contribution in [2.45, 2.75) is 32.7 Å². The molecule has 2 rings (SSSR count). The number of aryl methyl sites for hydroxylation is 1. The molecule has 17 heavy (non-hydrogen) atoms. The molecule has 0 radical (unpaired) electrons.